The van der Waals surface area contributed by atoms with Gasteiger partial charge in [0.05, 0.1) is 13.2 Å². The van der Waals surface area contributed by atoms with Gasteiger partial charge in [-0.3, -0.25) is 0 Å². The summed E-state index contributed by atoms with van der Waals surface area (Å²) in [4.78, 5) is 2.43. The normalized spacial score (nSPS) is 19.2. The highest BCUT2D eigenvalue weighted by Gasteiger charge is 2.14. The largest absolute Gasteiger partial charge is 0.380 e. The van der Waals surface area contributed by atoms with E-state index in [4.69, 9.17) is 4.74 Å². The Morgan fingerprint density at radius 2 is 1.92 bits per heavy atom. The molecule has 0 bridgehead atoms. The molecule has 0 unspecified atom stereocenters. The van der Waals surface area contributed by atoms with Crippen molar-refractivity contribution in [3.8, 4) is 0 Å². The van der Waals surface area contributed by atoms with Gasteiger partial charge in [0.15, 0.2) is 0 Å². The van der Waals surface area contributed by atoms with Gasteiger partial charge in [-0.2, -0.15) is 0 Å². The number of hydrogen-bond acceptors (Lipinski definition) is 2. The van der Waals surface area contributed by atoms with Crippen LogP contribution in [0.5, 0.6) is 0 Å². The van der Waals surface area contributed by atoms with Crippen LogP contribution in [-0.4, -0.2) is 37.7 Å². The third-order valence-electron chi connectivity index (χ3n) is 2.04. The summed E-state index contributed by atoms with van der Waals surface area (Å²) in [7, 11) is 0. The first-order valence-electron chi connectivity index (χ1n) is 4.88. The van der Waals surface area contributed by atoms with Crippen molar-refractivity contribution in [2.24, 2.45) is 5.41 Å². The topological polar surface area (TPSA) is 12.5 Å². The van der Waals surface area contributed by atoms with E-state index in [-0.39, 0.29) is 0 Å². The SMILES string of the molecule is CC(C)(C)COCCN1CCC1. The van der Waals surface area contributed by atoms with Crippen LogP contribution in [0.1, 0.15) is 27.2 Å². The molecule has 1 aliphatic rings. The fourth-order valence-corrected chi connectivity index (χ4v) is 1.18. The molecule has 0 atom stereocenters. The van der Waals surface area contributed by atoms with Crippen LogP contribution in [0.2, 0.25) is 0 Å². The van der Waals surface area contributed by atoms with E-state index >= 15 is 0 Å². The lowest BCUT2D eigenvalue weighted by molar-refractivity contribution is 0.0426. The molecule has 72 valence electrons. The van der Waals surface area contributed by atoms with E-state index in [0.29, 0.717) is 5.41 Å². The Kier molecular flexibility index (Phi) is 3.53. The van der Waals surface area contributed by atoms with E-state index in [1.807, 2.05) is 0 Å². The molecular weight excluding hydrogens is 150 g/mol. The highest BCUT2D eigenvalue weighted by molar-refractivity contribution is 4.67. The lowest BCUT2D eigenvalue weighted by Gasteiger charge is -2.30. The Morgan fingerprint density at radius 1 is 1.25 bits per heavy atom. The van der Waals surface area contributed by atoms with Crippen molar-refractivity contribution in [2.75, 3.05) is 32.8 Å². The maximum Gasteiger partial charge on any atom is 0.0593 e. The predicted octanol–water partition coefficient (Wildman–Crippen LogP) is 1.75. The number of ether oxygens (including phenoxy) is 1. The molecule has 0 aromatic rings. The molecule has 0 N–H and O–H groups in total. The average Bonchev–Trinajstić information content (AvgIpc) is 1.80. The Bertz CT molecular complexity index is 124. The van der Waals surface area contributed by atoms with Crippen molar-refractivity contribution >= 4 is 0 Å². The molecule has 0 saturated carbocycles. The van der Waals surface area contributed by atoms with Gasteiger partial charge in [0, 0.05) is 6.54 Å². The Labute approximate surface area is 75.9 Å². The van der Waals surface area contributed by atoms with Gasteiger partial charge in [0.25, 0.3) is 0 Å². The minimum Gasteiger partial charge on any atom is -0.380 e. The van der Waals surface area contributed by atoms with Crippen LogP contribution in [0.4, 0.5) is 0 Å². The van der Waals surface area contributed by atoms with Gasteiger partial charge in [-0.1, -0.05) is 20.8 Å². The fraction of sp³-hybridized carbons (Fsp3) is 1.00. The van der Waals surface area contributed by atoms with Crippen LogP contribution >= 0.6 is 0 Å². The maximum atomic E-state index is 5.56. The fourth-order valence-electron chi connectivity index (χ4n) is 1.18. The third-order valence-corrected chi connectivity index (χ3v) is 2.04. The van der Waals surface area contributed by atoms with Crippen molar-refractivity contribution in [3.05, 3.63) is 0 Å². The van der Waals surface area contributed by atoms with Crippen LogP contribution in [0.15, 0.2) is 0 Å². The zero-order valence-electron chi connectivity index (χ0n) is 8.60. The van der Waals surface area contributed by atoms with Crippen LogP contribution in [0.25, 0.3) is 0 Å². The molecule has 1 heterocycles. The first-order valence-corrected chi connectivity index (χ1v) is 4.88. The molecule has 0 aromatic heterocycles. The van der Waals surface area contributed by atoms with E-state index in [1.165, 1.54) is 19.5 Å². The molecule has 0 amide bonds. The highest BCUT2D eigenvalue weighted by Crippen LogP contribution is 2.13. The van der Waals surface area contributed by atoms with Crippen molar-refractivity contribution in [1.82, 2.24) is 4.90 Å². The van der Waals surface area contributed by atoms with Crippen molar-refractivity contribution < 1.29 is 4.74 Å². The molecule has 0 radical (unpaired) electrons. The monoisotopic (exact) mass is 171 g/mol. The second-order valence-corrected chi connectivity index (χ2v) is 4.81. The second-order valence-electron chi connectivity index (χ2n) is 4.81. The van der Waals surface area contributed by atoms with Gasteiger partial charge in [-0.25, -0.2) is 0 Å². The molecule has 0 aromatic carbocycles. The molecule has 2 heteroatoms. The summed E-state index contributed by atoms with van der Waals surface area (Å²) < 4.78 is 5.56. The zero-order valence-corrected chi connectivity index (χ0v) is 8.60. The molecule has 0 aliphatic carbocycles. The lowest BCUT2D eigenvalue weighted by Crippen LogP contribution is -2.39. The first-order chi connectivity index (χ1) is 5.58. The highest BCUT2D eigenvalue weighted by atomic mass is 16.5. The summed E-state index contributed by atoms with van der Waals surface area (Å²) in [5.74, 6) is 0. The Balaban J connectivity index is 1.88. The van der Waals surface area contributed by atoms with Crippen molar-refractivity contribution in [2.45, 2.75) is 27.2 Å². The second kappa shape index (κ2) is 4.24. The van der Waals surface area contributed by atoms with Crippen molar-refractivity contribution in [3.63, 3.8) is 0 Å². The first kappa shape index (κ1) is 10.0. The smallest absolute Gasteiger partial charge is 0.0593 e. The van der Waals surface area contributed by atoms with E-state index in [0.717, 1.165) is 19.8 Å². The predicted molar refractivity (Wildman–Crippen MR) is 51.3 cm³/mol. The summed E-state index contributed by atoms with van der Waals surface area (Å²) >= 11 is 0. The quantitative estimate of drug-likeness (QED) is 0.598. The third kappa shape index (κ3) is 4.07. The number of rotatable bonds is 4. The van der Waals surface area contributed by atoms with Crippen LogP contribution < -0.4 is 0 Å². The summed E-state index contributed by atoms with van der Waals surface area (Å²) in [6.45, 7) is 12.1. The molecule has 2 nitrogen and oxygen atoms in total. The Morgan fingerprint density at radius 3 is 2.33 bits per heavy atom. The molecule has 0 spiro atoms. The number of nitrogens with zero attached hydrogens (tertiary/aromatic N) is 1. The average molecular weight is 171 g/mol. The van der Waals surface area contributed by atoms with Gasteiger partial charge < -0.3 is 9.64 Å². The van der Waals surface area contributed by atoms with E-state index in [9.17, 15) is 0 Å². The minimum atomic E-state index is 0.314. The van der Waals surface area contributed by atoms with E-state index in [1.54, 1.807) is 0 Å². The van der Waals surface area contributed by atoms with E-state index in [2.05, 4.69) is 25.7 Å². The Hall–Kier alpha value is -0.0800. The van der Waals surface area contributed by atoms with E-state index < -0.39 is 0 Å². The minimum absolute atomic E-state index is 0.314. The molecule has 1 saturated heterocycles. The van der Waals surface area contributed by atoms with Gasteiger partial charge in [0.2, 0.25) is 0 Å². The van der Waals surface area contributed by atoms with Crippen LogP contribution in [-0.2, 0) is 4.74 Å². The molecule has 1 aliphatic heterocycles. The van der Waals surface area contributed by atoms with Gasteiger partial charge in [-0.15, -0.1) is 0 Å². The van der Waals surface area contributed by atoms with Crippen LogP contribution in [0, 0.1) is 5.41 Å². The van der Waals surface area contributed by atoms with Crippen LogP contribution in [0.3, 0.4) is 0 Å². The summed E-state index contributed by atoms with van der Waals surface area (Å²) in [6.07, 6.45) is 1.37. The molecule has 1 rings (SSSR count). The number of hydrogen-bond donors (Lipinski definition) is 0. The molecule has 1 fully saturated rings. The van der Waals surface area contributed by atoms with Crippen molar-refractivity contribution in [1.29, 1.82) is 0 Å². The maximum absolute atomic E-state index is 5.56. The van der Waals surface area contributed by atoms with Gasteiger partial charge >= 0.3 is 0 Å². The summed E-state index contributed by atoms with van der Waals surface area (Å²) in [6, 6.07) is 0. The number of likely N-dealkylation sites (tertiary alicyclic amines) is 1. The summed E-state index contributed by atoms with van der Waals surface area (Å²) in [5.41, 5.74) is 0.314. The molecule has 12 heavy (non-hydrogen) atoms. The molecular formula is C10H21NO. The van der Waals surface area contributed by atoms with Gasteiger partial charge in [-0.05, 0) is 24.9 Å². The zero-order chi connectivity index (χ0) is 9.03. The standard InChI is InChI=1S/C10H21NO/c1-10(2,3)9-12-8-7-11-5-4-6-11/h4-9H2,1-3H3. The lowest BCUT2D eigenvalue weighted by atomic mass is 9.99. The van der Waals surface area contributed by atoms with Gasteiger partial charge in [0.1, 0.15) is 0 Å². The summed E-state index contributed by atoms with van der Waals surface area (Å²) in [5, 5.41) is 0.